The molecule has 58 valence electrons. The number of methoxy groups -OCH3 is 2. The predicted octanol–water partition coefficient (Wildman–Crippen LogP) is 1.40. The summed E-state index contributed by atoms with van der Waals surface area (Å²) in [6.07, 6.45) is 0. The Morgan fingerprint density at radius 3 is 2.45 bits per heavy atom. The van der Waals surface area contributed by atoms with Crippen LogP contribution in [0.3, 0.4) is 0 Å². The minimum Gasteiger partial charge on any atom is -0.497 e. The fourth-order valence-corrected chi connectivity index (χ4v) is 0.785. The summed E-state index contributed by atoms with van der Waals surface area (Å²) in [7, 11) is 3.06. The summed E-state index contributed by atoms with van der Waals surface area (Å²) in [6.45, 7) is 0. The first kappa shape index (κ1) is 7.72. The Balaban J connectivity index is 3.02. The Labute approximate surface area is 65.7 Å². The maximum absolute atomic E-state index is 9.15. The molecule has 1 aromatic rings. The van der Waals surface area contributed by atoms with E-state index >= 15 is 0 Å². The van der Waals surface area contributed by atoms with Crippen molar-refractivity contribution in [2.75, 3.05) is 14.2 Å². The van der Waals surface area contributed by atoms with Crippen LogP contribution in [0, 0.1) is 0 Å². The molecule has 0 heterocycles. The van der Waals surface area contributed by atoms with Crippen LogP contribution in [0.2, 0.25) is 0 Å². The van der Waals surface area contributed by atoms with E-state index in [0.29, 0.717) is 11.5 Å². The number of benzene rings is 1. The largest absolute Gasteiger partial charge is 0.497 e. The molecule has 3 heteroatoms. The summed E-state index contributed by atoms with van der Waals surface area (Å²) in [6, 6.07) is 4.81. The van der Waals surface area contributed by atoms with E-state index in [2.05, 4.69) is 0 Å². The van der Waals surface area contributed by atoms with Gasteiger partial charge in [-0.25, -0.2) is 0 Å². The Morgan fingerprint density at radius 2 is 1.91 bits per heavy atom. The van der Waals surface area contributed by atoms with Crippen molar-refractivity contribution in [1.82, 2.24) is 5.73 Å². The third-order valence-corrected chi connectivity index (χ3v) is 1.39. The zero-order chi connectivity index (χ0) is 8.27. The van der Waals surface area contributed by atoms with Crippen molar-refractivity contribution in [2.45, 2.75) is 0 Å². The number of rotatable bonds is 2. The van der Waals surface area contributed by atoms with Gasteiger partial charge in [0.2, 0.25) is 0 Å². The van der Waals surface area contributed by atoms with Gasteiger partial charge in [0.15, 0.2) is 0 Å². The van der Waals surface area contributed by atoms with Gasteiger partial charge >= 0.3 is 0 Å². The van der Waals surface area contributed by atoms with Crippen molar-refractivity contribution in [3.05, 3.63) is 18.2 Å². The second kappa shape index (κ2) is 3.14. The van der Waals surface area contributed by atoms with Crippen LogP contribution in [-0.2, 0) is 0 Å². The maximum atomic E-state index is 9.15. The van der Waals surface area contributed by atoms with Crippen molar-refractivity contribution in [3.8, 4) is 11.5 Å². The van der Waals surface area contributed by atoms with Gasteiger partial charge in [-0.1, -0.05) is 0 Å². The molecular formula is C8H9NO2. The van der Waals surface area contributed by atoms with Crippen LogP contribution in [0.1, 0.15) is 0 Å². The normalized spacial score (nSPS) is 9.27. The highest BCUT2D eigenvalue weighted by molar-refractivity contribution is 5.52. The highest BCUT2D eigenvalue weighted by Crippen LogP contribution is 2.26. The lowest BCUT2D eigenvalue weighted by Crippen LogP contribution is -1.87. The van der Waals surface area contributed by atoms with Crippen molar-refractivity contribution in [2.24, 2.45) is 0 Å². The van der Waals surface area contributed by atoms with E-state index < -0.39 is 0 Å². The third-order valence-electron chi connectivity index (χ3n) is 1.39. The van der Waals surface area contributed by atoms with Crippen LogP contribution in [0.25, 0.3) is 0 Å². The molecule has 0 aromatic heterocycles. The molecule has 0 fully saturated rings. The first-order chi connectivity index (χ1) is 5.27. The quantitative estimate of drug-likeness (QED) is 0.641. The fourth-order valence-electron chi connectivity index (χ4n) is 0.785. The highest BCUT2D eigenvalue weighted by Gasteiger charge is 2.01. The zero-order valence-electron chi connectivity index (χ0n) is 6.50. The van der Waals surface area contributed by atoms with Gasteiger partial charge in [-0.3, -0.25) is 0 Å². The average Bonchev–Trinajstić information content (AvgIpc) is 2.05. The molecule has 0 saturated heterocycles. The standard InChI is InChI=1S/C8H9NO2/c1-10-6-3-4-7(9)8(5-6)11-2/h3-5H,1-2H3. The van der Waals surface area contributed by atoms with Gasteiger partial charge in [-0.05, 0) is 12.1 Å². The Bertz CT molecular complexity index is 248. The lowest BCUT2D eigenvalue weighted by Gasteiger charge is -2.03. The second-order valence-electron chi connectivity index (χ2n) is 2.04. The first-order valence-electron chi connectivity index (χ1n) is 3.19. The maximum Gasteiger partial charge on any atom is 0.150 e. The second-order valence-corrected chi connectivity index (χ2v) is 2.04. The van der Waals surface area contributed by atoms with Gasteiger partial charge in [0.05, 0.1) is 14.2 Å². The van der Waals surface area contributed by atoms with Crippen LogP contribution < -0.4 is 15.2 Å². The molecule has 2 radical (unpaired) electrons. The monoisotopic (exact) mass is 151 g/mol. The van der Waals surface area contributed by atoms with Crippen molar-refractivity contribution in [3.63, 3.8) is 0 Å². The Hall–Kier alpha value is -1.38. The third kappa shape index (κ3) is 1.55. The first-order valence-corrected chi connectivity index (χ1v) is 3.19. The summed E-state index contributed by atoms with van der Waals surface area (Å²) in [5.41, 5.74) is 9.27. The highest BCUT2D eigenvalue weighted by atomic mass is 16.5. The molecule has 0 unspecified atom stereocenters. The van der Waals surface area contributed by atoms with Gasteiger partial charge in [0.25, 0.3) is 0 Å². The van der Waals surface area contributed by atoms with Crippen molar-refractivity contribution < 1.29 is 9.47 Å². The van der Waals surface area contributed by atoms with E-state index in [4.69, 9.17) is 15.2 Å². The lowest BCUT2D eigenvalue weighted by molar-refractivity contribution is 0.395. The predicted molar refractivity (Wildman–Crippen MR) is 41.3 cm³/mol. The minimum absolute atomic E-state index is 0.119. The van der Waals surface area contributed by atoms with Gasteiger partial charge in [0.1, 0.15) is 17.2 Å². The van der Waals surface area contributed by atoms with E-state index in [-0.39, 0.29) is 5.69 Å². The average molecular weight is 151 g/mol. The fraction of sp³-hybridized carbons (Fsp3) is 0.250. The summed E-state index contributed by atoms with van der Waals surface area (Å²) in [5.74, 6) is 1.09. The van der Waals surface area contributed by atoms with Gasteiger partial charge in [0, 0.05) is 6.07 Å². The van der Waals surface area contributed by atoms with Gasteiger partial charge in [-0.2, -0.15) is 0 Å². The molecule has 0 saturated carbocycles. The number of ether oxygens (including phenoxy) is 2. The molecule has 0 bridgehead atoms. The molecule has 3 nitrogen and oxygen atoms in total. The van der Waals surface area contributed by atoms with Gasteiger partial charge in [-0.15, -0.1) is 5.73 Å². The summed E-state index contributed by atoms with van der Waals surface area (Å²) < 4.78 is 9.78. The molecule has 0 N–H and O–H groups in total. The van der Waals surface area contributed by atoms with Crippen LogP contribution in [0.4, 0.5) is 5.69 Å². The molecule has 11 heavy (non-hydrogen) atoms. The molecule has 1 rings (SSSR count). The Morgan fingerprint density at radius 1 is 1.18 bits per heavy atom. The Kier molecular flexibility index (Phi) is 2.21. The minimum atomic E-state index is 0.119. The van der Waals surface area contributed by atoms with E-state index in [1.807, 2.05) is 0 Å². The van der Waals surface area contributed by atoms with E-state index in [0.717, 1.165) is 0 Å². The summed E-state index contributed by atoms with van der Waals surface area (Å²) >= 11 is 0. The smallest absolute Gasteiger partial charge is 0.150 e. The molecular weight excluding hydrogens is 142 g/mol. The summed E-state index contributed by atoms with van der Waals surface area (Å²) in [5, 5.41) is 0. The van der Waals surface area contributed by atoms with Crippen LogP contribution in [-0.4, -0.2) is 14.2 Å². The van der Waals surface area contributed by atoms with E-state index in [1.165, 1.54) is 13.2 Å². The van der Waals surface area contributed by atoms with Crippen molar-refractivity contribution in [1.29, 1.82) is 0 Å². The molecule has 0 atom stereocenters. The number of hydrogen-bond acceptors (Lipinski definition) is 2. The molecule has 0 aliphatic heterocycles. The topological polar surface area (TPSA) is 40.8 Å². The van der Waals surface area contributed by atoms with Crippen LogP contribution in [0.15, 0.2) is 18.2 Å². The van der Waals surface area contributed by atoms with Crippen molar-refractivity contribution >= 4 is 5.69 Å². The zero-order valence-corrected chi connectivity index (χ0v) is 6.50. The van der Waals surface area contributed by atoms with Gasteiger partial charge < -0.3 is 9.47 Å². The van der Waals surface area contributed by atoms with E-state index in [9.17, 15) is 0 Å². The SMILES string of the molecule is COc1ccc([N])c(OC)c1. The molecule has 1 aromatic carbocycles. The number of hydrogen-bond donors (Lipinski definition) is 0. The van der Waals surface area contributed by atoms with Crippen LogP contribution >= 0.6 is 0 Å². The lowest BCUT2D eigenvalue weighted by atomic mass is 10.3. The molecule has 0 amide bonds. The summed E-state index contributed by atoms with van der Waals surface area (Å²) in [4.78, 5) is 0. The van der Waals surface area contributed by atoms with Crippen LogP contribution in [0.5, 0.6) is 11.5 Å². The molecule has 0 spiro atoms. The molecule has 0 aliphatic rings. The molecule has 0 aliphatic carbocycles. The number of nitrogens with zero attached hydrogens (tertiary/aromatic N) is 1. The van der Waals surface area contributed by atoms with E-state index in [1.54, 1.807) is 19.2 Å².